The first-order valence-corrected chi connectivity index (χ1v) is 8.33. The summed E-state index contributed by atoms with van der Waals surface area (Å²) in [5.41, 5.74) is 1.13. The topological polar surface area (TPSA) is 42.0 Å². The monoisotopic (exact) mass is 356 g/mol. The lowest BCUT2D eigenvalue weighted by Crippen LogP contribution is -2.30. The van der Waals surface area contributed by atoms with Crippen molar-refractivity contribution in [3.05, 3.63) is 57.6 Å². The first kappa shape index (κ1) is 15.6. The minimum absolute atomic E-state index is 0.152. The first-order valence-electron chi connectivity index (χ1n) is 6.59. The Morgan fingerprint density at radius 2 is 2.18 bits per heavy atom. The van der Waals surface area contributed by atoms with Gasteiger partial charge in [-0.2, -0.15) is 0 Å². The molecule has 0 spiro atoms. The van der Waals surface area contributed by atoms with E-state index in [0.29, 0.717) is 5.56 Å². The maximum absolute atomic E-state index is 13.5. The highest BCUT2D eigenvalue weighted by Gasteiger charge is 2.23. The van der Waals surface area contributed by atoms with Crippen LogP contribution < -0.4 is 5.32 Å². The second-order valence-corrected chi connectivity index (χ2v) is 6.74. The molecular weight excluding hydrogens is 346 g/mol. The number of nitrogens with one attached hydrogen (secondary N) is 1. The molecule has 22 heavy (non-hydrogen) atoms. The van der Waals surface area contributed by atoms with Crippen LogP contribution in [-0.4, -0.2) is 16.6 Å². The molecule has 3 rings (SSSR count). The van der Waals surface area contributed by atoms with E-state index < -0.39 is 0 Å². The molecule has 0 fully saturated rings. The largest absolute Gasteiger partial charge is 0.345 e. The van der Waals surface area contributed by atoms with Crippen LogP contribution in [0.4, 0.5) is 4.39 Å². The third-order valence-electron chi connectivity index (χ3n) is 3.38. The van der Waals surface area contributed by atoms with Crippen molar-refractivity contribution in [1.29, 1.82) is 0 Å². The van der Waals surface area contributed by atoms with Crippen LogP contribution in [0, 0.1) is 5.82 Å². The number of benzene rings is 1. The number of carbonyl (C=O) groups is 1. The van der Waals surface area contributed by atoms with E-state index in [2.05, 4.69) is 10.3 Å². The van der Waals surface area contributed by atoms with Crippen LogP contribution in [0.1, 0.15) is 28.4 Å². The number of thioether (sulfide) groups is 1. The molecular formula is C15H11Cl2FN2OS. The molecule has 1 atom stereocenters. The molecule has 0 aliphatic carbocycles. The number of hydrogen-bond acceptors (Lipinski definition) is 3. The Bertz CT molecular complexity index is 741. The first-order chi connectivity index (χ1) is 10.5. The summed E-state index contributed by atoms with van der Waals surface area (Å²) in [7, 11) is 0. The molecule has 1 N–H and O–H groups in total. The lowest BCUT2D eigenvalue weighted by Gasteiger charge is -2.26. The smallest absolute Gasteiger partial charge is 0.253 e. The number of carbonyl (C=O) groups excluding carboxylic acids is 1. The van der Waals surface area contributed by atoms with Crippen LogP contribution in [-0.2, 0) is 0 Å². The van der Waals surface area contributed by atoms with E-state index in [0.717, 1.165) is 22.6 Å². The number of nitrogens with zero attached hydrogens (tertiary/aromatic N) is 1. The summed E-state index contributed by atoms with van der Waals surface area (Å²) in [5.74, 6) is 0.248. The fraction of sp³-hybridized carbons (Fsp3) is 0.200. The van der Waals surface area contributed by atoms with Crippen LogP contribution in [0.2, 0.25) is 10.2 Å². The molecule has 0 radical (unpaired) electrons. The summed E-state index contributed by atoms with van der Waals surface area (Å²) in [6.45, 7) is 0. The number of amides is 1. The van der Waals surface area contributed by atoms with Gasteiger partial charge in [0.2, 0.25) is 0 Å². The lowest BCUT2D eigenvalue weighted by molar-refractivity contribution is 0.0934. The van der Waals surface area contributed by atoms with Crippen molar-refractivity contribution in [2.75, 3.05) is 5.75 Å². The van der Waals surface area contributed by atoms with Gasteiger partial charge in [0, 0.05) is 16.8 Å². The quantitative estimate of drug-likeness (QED) is 0.805. The van der Waals surface area contributed by atoms with E-state index >= 15 is 0 Å². The summed E-state index contributed by atoms with van der Waals surface area (Å²) in [6, 6.07) is 5.89. The van der Waals surface area contributed by atoms with Crippen molar-refractivity contribution in [2.45, 2.75) is 17.4 Å². The molecule has 1 aliphatic rings. The number of pyridine rings is 1. The van der Waals surface area contributed by atoms with Gasteiger partial charge in [-0.05, 0) is 36.2 Å². The zero-order valence-corrected chi connectivity index (χ0v) is 13.6. The second kappa shape index (κ2) is 6.44. The predicted octanol–water partition coefficient (Wildman–Crippen LogP) is 4.49. The molecule has 0 bridgehead atoms. The van der Waals surface area contributed by atoms with Crippen molar-refractivity contribution in [1.82, 2.24) is 10.3 Å². The minimum atomic E-state index is -0.309. The highest BCUT2D eigenvalue weighted by Crippen LogP contribution is 2.36. The fourth-order valence-electron chi connectivity index (χ4n) is 2.30. The summed E-state index contributed by atoms with van der Waals surface area (Å²) >= 11 is 13.3. The number of halogens is 3. The van der Waals surface area contributed by atoms with Crippen molar-refractivity contribution in [2.24, 2.45) is 0 Å². The van der Waals surface area contributed by atoms with E-state index in [1.54, 1.807) is 17.8 Å². The van der Waals surface area contributed by atoms with Crippen LogP contribution >= 0.6 is 35.0 Å². The molecule has 1 aromatic carbocycles. The maximum atomic E-state index is 13.5. The van der Waals surface area contributed by atoms with Gasteiger partial charge in [-0.3, -0.25) is 4.79 Å². The van der Waals surface area contributed by atoms with Gasteiger partial charge >= 0.3 is 0 Å². The van der Waals surface area contributed by atoms with Gasteiger partial charge in [0.05, 0.1) is 16.6 Å². The van der Waals surface area contributed by atoms with E-state index in [9.17, 15) is 9.18 Å². The van der Waals surface area contributed by atoms with E-state index in [4.69, 9.17) is 23.2 Å². The third kappa shape index (κ3) is 3.21. The van der Waals surface area contributed by atoms with Crippen molar-refractivity contribution >= 4 is 40.9 Å². The molecule has 7 heteroatoms. The SMILES string of the molecule is O=C(NC1CCSc2ccc(F)cc21)c1cnc(Cl)c(Cl)c1. The average Bonchev–Trinajstić information content (AvgIpc) is 2.50. The highest BCUT2D eigenvalue weighted by molar-refractivity contribution is 7.99. The Morgan fingerprint density at radius 3 is 2.95 bits per heavy atom. The number of hydrogen-bond donors (Lipinski definition) is 1. The van der Waals surface area contributed by atoms with Crippen molar-refractivity contribution < 1.29 is 9.18 Å². The Kier molecular flexibility index (Phi) is 4.57. The number of rotatable bonds is 2. The van der Waals surface area contributed by atoms with Crippen molar-refractivity contribution in [3.63, 3.8) is 0 Å². The molecule has 3 nitrogen and oxygen atoms in total. The predicted molar refractivity (Wildman–Crippen MR) is 86.2 cm³/mol. The minimum Gasteiger partial charge on any atom is -0.345 e. The Balaban J connectivity index is 1.83. The summed E-state index contributed by atoms with van der Waals surface area (Å²) in [5, 5.41) is 3.28. The van der Waals surface area contributed by atoms with Crippen LogP contribution in [0.25, 0.3) is 0 Å². The zero-order chi connectivity index (χ0) is 15.7. The Hall–Kier alpha value is -1.30. The third-order valence-corrected chi connectivity index (χ3v) is 5.18. The van der Waals surface area contributed by atoms with Gasteiger partial charge in [0.15, 0.2) is 0 Å². The molecule has 2 aromatic rings. The highest BCUT2D eigenvalue weighted by atomic mass is 35.5. The van der Waals surface area contributed by atoms with Crippen molar-refractivity contribution in [3.8, 4) is 0 Å². The van der Waals surface area contributed by atoms with Gasteiger partial charge in [0.1, 0.15) is 11.0 Å². The van der Waals surface area contributed by atoms with Gasteiger partial charge in [-0.15, -0.1) is 11.8 Å². The molecule has 2 heterocycles. The summed E-state index contributed by atoms with van der Waals surface area (Å²) in [6.07, 6.45) is 2.11. The van der Waals surface area contributed by atoms with Gasteiger partial charge in [-0.25, -0.2) is 9.37 Å². The molecule has 1 aliphatic heterocycles. The molecule has 0 saturated carbocycles. The lowest BCUT2D eigenvalue weighted by atomic mass is 10.0. The normalized spacial score (nSPS) is 17.0. The van der Waals surface area contributed by atoms with Gasteiger partial charge in [-0.1, -0.05) is 23.2 Å². The van der Waals surface area contributed by atoms with E-state index in [1.807, 2.05) is 0 Å². The fourth-order valence-corrected chi connectivity index (χ4v) is 3.68. The van der Waals surface area contributed by atoms with Gasteiger partial charge < -0.3 is 5.32 Å². The molecule has 114 valence electrons. The molecule has 1 amide bonds. The molecule has 0 saturated heterocycles. The molecule has 1 aromatic heterocycles. The second-order valence-electron chi connectivity index (χ2n) is 4.84. The van der Waals surface area contributed by atoms with E-state index in [1.165, 1.54) is 24.4 Å². The van der Waals surface area contributed by atoms with Crippen LogP contribution in [0.5, 0.6) is 0 Å². The Morgan fingerprint density at radius 1 is 1.36 bits per heavy atom. The maximum Gasteiger partial charge on any atom is 0.253 e. The summed E-state index contributed by atoms with van der Waals surface area (Å²) < 4.78 is 13.5. The Labute approximate surface area is 141 Å². The zero-order valence-electron chi connectivity index (χ0n) is 11.3. The number of aromatic nitrogens is 1. The van der Waals surface area contributed by atoms with Crippen LogP contribution in [0.3, 0.4) is 0 Å². The molecule has 1 unspecified atom stereocenters. The number of fused-ring (bicyclic) bond motifs is 1. The van der Waals surface area contributed by atoms with E-state index in [-0.39, 0.29) is 27.9 Å². The standard InChI is InChI=1S/C15H11Cl2FN2OS/c16-11-5-8(7-19-14(11)17)15(21)20-12-3-4-22-13-2-1-9(18)6-10(12)13/h1-2,5-7,12H,3-4H2,(H,20,21). The summed E-state index contributed by atoms with van der Waals surface area (Å²) in [4.78, 5) is 17.2. The van der Waals surface area contributed by atoms with Crippen LogP contribution in [0.15, 0.2) is 35.4 Å². The van der Waals surface area contributed by atoms with Gasteiger partial charge in [0.25, 0.3) is 5.91 Å². The average molecular weight is 357 g/mol.